The molecule has 192 valence electrons. The number of methoxy groups -OCH3 is 1. The van der Waals surface area contributed by atoms with Crippen molar-refractivity contribution >= 4 is 40.5 Å². The summed E-state index contributed by atoms with van der Waals surface area (Å²) in [4.78, 5) is 37.1. The molecule has 4 aromatic carbocycles. The highest BCUT2D eigenvalue weighted by atomic mass is 16.6. The lowest BCUT2D eigenvalue weighted by Crippen LogP contribution is -2.32. The van der Waals surface area contributed by atoms with Crippen molar-refractivity contribution in [1.82, 2.24) is 5.43 Å². The standard InChI is InChI=1S/C29H25N3O6/c1-3-37-22-14-12-21(13-15-22)29(35)38-25-16-11-19(17-26(25)36-2)18-30-32-28(34)27(33)31-24-10-6-8-20-7-4-5-9-23(20)24/h4-18H,3H2,1-2H3,(H,31,33)(H,32,34)/b30-18+. The van der Waals surface area contributed by atoms with Gasteiger partial charge in [-0.2, -0.15) is 5.10 Å². The van der Waals surface area contributed by atoms with Crippen molar-refractivity contribution in [2.75, 3.05) is 19.0 Å². The number of hydrogen-bond acceptors (Lipinski definition) is 7. The molecule has 0 saturated heterocycles. The zero-order chi connectivity index (χ0) is 26.9. The van der Waals surface area contributed by atoms with Gasteiger partial charge in [-0.05, 0) is 66.4 Å². The normalized spacial score (nSPS) is 10.7. The summed E-state index contributed by atoms with van der Waals surface area (Å²) in [6.45, 7) is 2.40. The van der Waals surface area contributed by atoms with Crippen LogP contribution in [0.4, 0.5) is 5.69 Å². The van der Waals surface area contributed by atoms with E-state index in [4.69, 9.17) is 14.2 Å². The van der Waals surface area contributed by atoms with Crippen LogP contribution >= 0.6 is 0 Å². The SMILES string of the molecule is CCOc1ccc(C(=O)Oc2ccc(/C=N/NC(=O)C(=O)Nc3cccc4ccccc34)cc2OC)cc1. The minimum Gasteiger partial charge on any atom is -0.494 e. The van der Waals surface area contributed by atoms with Crippen LogP contribution in [0.3, 0.4) is 0 Å². The van der Waals surface area contributed by atoms with Crippen LogP contribution in [-0.2, 0) is 9.59 Å². The minimum absolute atomic E-state index is 0.210. The first-order chi connectivity index (χ1) is 18.5. The summed E-state index contributed by atoms with van der Waals surface area (Å²) >= 11 is 0. The number of hydrogen-bond donors (Lipinski definition) is 2. The van der Waals surface area contributed by atoms with Crippen LogP contribution in [0.2, 0.25) is 0 Å². The third-order valence-corrected chi connectivity index (χ3v) is 5.42. The molecule has 2 N–H and O–H groups in total. The van der Waals surface area contributed by atoms with Gasteiger partial charge >= 0.3 is 17.8 Å². The van der Waals surface area contributed by atoms with Gasteiger partial charge < -0.3 is 19.5 Å². The molecule has 0 aromatic heterocycles. The summed E-state index contributed by atoms with van der Waals surface area (Å²) in [6, 6.07) is 24.3. The first kappa shape index (κ1) is 25.9. The maximum absolute atomic E-state index is 12.5. The fourth-order valence-electron chi connectivity index (χ4n) is 3.59. The number of anilines is 1. The smallest absolute Gasteiger partial charge is 0.343 e. The molecule has 0 spiro atoms. The Balaban J connectivity index is 1.36. The van der Waals surface area contributed by atoms with Gasteiger partial charge in [-0.25, -0.2) is 10.2 Å². The van der Waals surface area contributed by atoms with Gasteiger partial charge in [-0.15, -0.1) is 0 Å². The summed E-state index contributed by atoms with van der Waals surface area (Å²) in [5, 5.41) is 8.19. The van der Waals surface area contributed by atoms with E-state index in [2.05, 4.69) is 15.8 Å². The molecule has 4 rings (SSSR count). The number of rotatable bonds is 8. The Morgan fingerprint density at radius 2 is 1.63 bits per heavy atom. The van der Waals surface area contributed by atoms with Gasteiger partial charge in [0.15, 0.2) is 11.5 Å². The van der Waals surface area contributed by atoms with Gasteiger partial charge in [0.25, 0.3) is 0 Å². The van der Waals surface area contributed by atoms with E-state index in [1.165, 1.54) is 13.3 Å². The van der Waals surface area contributed by atoms with Gasteiger partial charge in [0.05, 0.1) is 25.5 Å². The van der Waals surface area contributed by atoms with Crippen molar-refractivity contribution in [3.8, 4) is 17.2 Å². The number of ether oxygens (including phenoxy) is 3. The highest BCUT2D eigenvalue weighted by Gasteiger charge is 2.15. The van der Waals surface area contributed by atoms with Crippen molar-refractivity contribution in [1.29, 1.82) is 0 Å². The quantitative estimate of drug-likeness (QED) is 0.118. The van der Waals surface area contributed by atoms with E-state index in [-0.39, 0.29) is 11.5 Å². The highest BCUT2D eigenvalue weighted by molar-refractivity contribution is 6.40. The first-order valence-corrected chi connectivity index (χ1v) is 11.7. The van der Waals surface area contributed by atoms with E-state index in [9.17, 15) is 14.4 Å². The Hall–Kier alpha value is -5.18. The molecular weight excluding hydrogens is 486 g/mol. The Bertz CT molecular complexity index is 1490. The molecular formula is C29H25N3O6. The van der Waals surface area contributed by atoms with Gasteiger partial charge in [0.2, 0.25) is 0 Å². The average molecular weight is 512 g/mol. The van der Waals surface area contributed by atoms with Crippen LogP contribution in [0, 0.1) is 0 Å². The lowest BCUT2D eigenvalue weighted by molar-refractivity contribution is -0.136. The molecule has 2 amide bonds. The van der Waals surface area contributed by atoms with Gasteiger partial charge in [0, 0.05) is 11.1 Å². The third-order valence-electron chi connectivity index (χ3n) is 5.42. The summed E-state index contributed by atoms with van der Waals surface area (Å²) in [7, 11) is 1.43. The van der Waals surface area contributed by atoms with Crippen molar-refractivity contribution in [2.45, 2.75) is 6.92 Å². The van der Waals surface area contributed by atoms with Crippen molar-refractivity contribution < 1.29 is 28.6 Å². The van der Waals surface area contributed by atoms with E-state index in [1.807, 2.05) is 37.3 Å². The van der Waals surface area contributed by atoms with Crippen molar-refractivity contribution in [2.24, 2.45) is 5.10 Å². The molecule has 0 aliphatic carbocycles. The summed E-state index contributed by atoms with van der Waals surface area (Å²) in [6.07, 6.45) is 1.34. The van der Waals surface area contributed by atoms with Crippen LogP contribution in [0.15, 0.2) is 90.0 Å². The Kier molecular flexibility index (Phi) is 8.30. The molecule has 0 aliphatic heterocycles. The number of carbonyl (C=O) groups excluding carboxylic acids is 3. The lowest BCUT2D eigenvalue weighted by Gasteiger charge is -2.10. The second-order valence-corrected chi connectivity index (χ2v) is 7.94. The first-order valence-electron chi connectivity index (χ1n) is 11.7. The number of nitrogens with one attached hydrogen (secondary N) is 2. The number of hydrazone groups is 1. The van der Waals surface area contributed by atoms with Crippen molar-refractivity contribution in [3.63, 3.8) is 0 Å². The molecule has 0 bridgehead atoms. The maximum atomic E-state index is 12.5. The molecule has 9 heteroatoms. The fourth-order valence-corrected chi connectivity index (χ4v) is 3.59. The molecule has 0 fully saturated rings. The number of amides is 2. The second-order valence-electron chi connectivity index (χ2n) is 7.94. The molecule has 0 heterocycles. The molecule has 0 radical (unpaired) electrons. The molecule has 9 nitrogen and oxygen atoms in total. The van der Waals surface area contributed by atoms with E-state index in [0.717, 1.165) is 10.8 Å². The number of carbonyl (C=O) groups is 3. The van der Waals surface area contributed by atoms with Crippen molar-refractivity contribution in [3.05, 3.63) is 96.1 Å². The number of esters is 1. The van der Waals surface area contributed by atoms with Crippen LogP contribution in [0.5, 0.6) is 17.2 Å². The number of nitrogens with zero attached hydrogens (tertiary/aromatic N) is 1. The summed E-state index contributed by atoms with van der Waals surface area (Å²) in [5.74, 6) is -1.19. The topological polar surface area (TPSA) is 115 Å². The molecule has 0 aliphatic rings. The largest absolute Gasteiger partial charge is 0.494 e. The maximum Gasteiger partial charge on any atom is 0.343 e. The van der Waals surface area contributed by atoms with Gasteiger partial charge in [-0.3, -0.25) is 9.59 Å². The van der Waals surface area contributed by atoms with Crippen LogP contribution in [0.25, 0.3) is 10.8 Å². The van der Waals surface area contributed by atoms with E-state index in [0.29, 0.717) is 29.2 Å². The average Bonchev–Trinajstić information content (AvgIpc) is 2.94. The second kappa shape index (κ2) is 12.2. The lowest BCUT2D eigenvalue weighted by atomic mass is 10.1. The Morgan fingerprint density at radius 1 is 0.868 bits per heavy atom. The van der Waals surface area contributed by atoms with E-state index < -0.39 is 17.8 Å². The minimum atomic E-state index is -0.929. The van der Waals surface area contributed by atoms with Crippen LogP contribution in [-0.4, -0.2) is 37.7 Å². The molecule has 0 atom stereocenters. The summed E-state index contributed by atoms with van der Waals surface area (Å²) < 4.78 is 16.2. The Labute approximate surface area is 219 Å². The van der Waals surface area contributed by atoms with E-state index in [1.54, 1.807) is 54.6 Å². The highest BCUT2D eigenvalue weighted by Crippen LogP contribution is 2.28. The Morgan fingerprint density at radius 3 is 2.39 bits per heavy atom. The van der Waals surface area contributed by atoms with Gasteiger partial charge in [0.1, 0.15) is 5.75 Å². The molecule has 0 unspecified atom stereocenters. The predicted octanol–water partition coefficient (Wildman–Crippen LogP) is 4.56. The van der Waals surface area contributed by atoms with Gasteiger partial charge in [-0.1, -0.05) is 36.4 Å². The molecule has 0 saturated carbocycles. The zero-order valence-corrected chi connectivity index (χ0v) is 20.8. The summed E-state index contributed by atoms with van der Waals surface area (Å²) in [5.41, 5.74) is 3.61. The monoisotopic (exact) mass is 511 g/mol. The zero-order valence-electron chi connectivity index (χ0n) is 20.8. The van der Waals surface area contributed by atoms with Crippen LogP contribution in [0.1, 0.15) is 22.8 Å². The fraction of sp³-hybridized carbons (Fsp3) is 0.103. The molecule has 4 aromatic rings. The predicted molar refractivity (Wildman–Crippen MR) is 144 cm³/mol. The van der Waals surface area contributed by atoms with Crippen LogP contribution < -0.4 is 25.0 Å². The van der Waals surface area contributed by atoms with E-state index >= 15 is 0 Å². The number of fused-ring (bicyclic) bond motifs is 1. The molecule has 38 heavy (non-hydrogen) atoms. The number of benzene rings is 4. The third kappa shape index (κ3) is 6.33.